The molecule has 3 aromatic rings. The van der Waals surface area contributed by atoms with E-state index in [2.05, 4.69) is 9.89 Å². The molecule has 2 amide bonds. The quantitative estimate of drug-likeness (QED) is 0.363. The standard InChI is InChI=1S/C34H35F2N5O4/c1-39-14-16-40(17-15-39)33(43)45-30-19-23(28(10-13-37)38-29-9-6-24(35)20-27(29)36)18-26-31(30)41(32(42)34(26)11-3-12-34)21-22-4-7-25(44-2)8-5-22/h4-10,13,18-20H,3,11-12,14-17,21,37H2,1-2H3. The van der Waals surface area contributed by atoms with Crippen LogP contribution in [0.4, 0.5) is 25.0 Å². The molecule has 11 heteroatoms. The number of aliphatic imine (C=N–C) groups is 1. The van der Waals surface area contributed by atoms with Gasteiger partial charge in [-0.25, -0.2) is 18.6 Å². The number of nitrogens with zero attached hydrogens (tertiary/aromatic N) is 4. The van der Waals surface area contributed by atoms with Crippen LogP contribution in [-0.2, 0) is 16.8 Å². The number of methoxy groups -OCH3 is 1. The number of carbonyl (C=O) groups excluding carboxylic acids is 2. The molecule has 1 spiro atoms. The third-order valence-corrected chi connectivity index (χ3v) is 8.88. The fourth-order valence-electron chi connectivity index (χ4n) is 6.17. The summed E-state index contributed by atoms with van der Waals surface area (Å²) in [4.78, 5) is 37.7. The second kappa shape index (κ2) is 12.3. The number of likely N-dealkylation sites (N-methyl/N-ethyl adjacent to an activating group) is 1. The van der Waals surface area contributed by atoms with Crippen LogP contribution in [0.2, 0.25) is 0 Å². The van der Waals surface area contributed by atoms with Gasteiger partial charge in [0.25, 0.3) is 0 Å². The van der Waals surface area contributed by atoms with Gasteiger partial charge in [0.15, 0.2) is 11.6 Å². The number of benzene rings is 3. The maximum atomic E-state index is 14.7. The number of piperazine rings is 1. The van der Waals surface area contributed by atoms with Crippen LogP contribution in [0.3, 0.4) is 0 Å². The van der Waals surface area contributed by atoms with Gasteiger partial charge < -0.3 is 29.9 Å². The lowest BCUT2D eigenvalue weighted by atomic mass is 9.65. The number of carbonyl (C=O) groups is 2. The molecule has 0 radical (unpaired) electrons. The second-order valence-electron chi connectivity index (χ2n) is 11.7. The molecule has 1 saturated carbocycles. The molecular formula is C34H35F2N5O4. The molecular weight excluding hydrogens is 580 g/mol. The lowest BCUT2D eigenvalue weighted by Gasteiger charge is -2.37. The molecule has 3 aromatic carbocycles. The molecule has 0 atom stereocenters. The average molecular weight is 616 g/mol. The summed E-state index contributed by atoms with van der Waals surface area (Å²) in [5.74, 6) is -0.718. The van der Waals surface area contributed by atoms with Crippen LogP contribution < -0.4 is 20.1 Å². The van der Waals surface area contributed by atoms with Crippen molar-refractivity contribution in [3.8, 4) is 11.5 Å². The molecule has 234 valence electrons. The van der Waals surface area contributed by atoms with Crippen molar-refractivity contribution in [2.24, 2.45) is 10.7 Å². The highest BCUT2D eigenvalue weighted by Gasteiger charge is 2.55. The van der Waals surface area contributed by atoms with Crippen LogP contribution in [0.25, 0.3) is 0 Å². The maximum Gasteiger partial charge on any atom is 0.415 e. The number of fused-ring (bicyclic) bond motifs is 2. The molecule has 0 unspecified atom stereocenters. The van der Waals surface area contributed by atoms with E-state index in [0.717, 1.165) is 29.7 Å². The van der Waals surface area contributed by atoms with E-state index in [1.165, 1.54) is 18.3 Å². The first-order valence-electron chi connectivity index (χ1n) is 14.9. The Morgan fingerprint density at radius 2 is 1.78 bits per heavy atom. The fourth-order valence-corrected chi connectivity index (χ4v) is 6.17. The van der Waals surface area contributed by atoms with Gasteiger partial charge in [0, 0.05) is 37.8 Å². The Hall–Kier alpha value is -4.77. The molecule has 45 heavy (non-hydrogen) atoms. The summed E-state index contributed by atoms with van der Waals surface area (Å²) in [7, 11) is 3.59. The third-order valence-electron chi connectivity index (χ3n) is 8.88. The average Bonchev–Trinajstić information content (AvgIpc) is 3.26. The summed E-state index contributed by atoms with van der Waals surface area (Å²) in [5.41, 5.74) is 7.79. The van der Waals surface area contributed by atoms with E-state index >= 15 is 0 Å². The van der Waals surface area contributed by atoms with Gasteiger partial charge in [-0.05, 0) is 79.7 Å². The van der Waals surface area contributed by atoms with E-state index in [1.54, 1.807) is 23.0 Å². The zero-order valence-electron chi connectivity index (χ0n) is 25.3. The van der Waals surface area contributed by atoms with Crippen molar-refractivity contribution in [3.63, 3.8) is 0 Å². The first-order chi connectivity index (χ1) is 21.7. The van der Waals surface area contributed by atoms with Crippen molar-refractivity contribution in [3.05, 3.63) is 95.2 Å². The number of anilines is 1. The number of amides is 2. The minimum absolute atomic E-state index is 0.0638. The van der Waals surface area contributed by atoms with Crippen LogP contribution in [0, 0.1) is 11.6 Å². The minimum Gasteiger partial charge on any atom is -0.497 e. The van der Waals surface area contributed by atoms with Crippen molar-refractivity contribution in [2.75, 3.05) is 45.2 Å². The highest BCUT2D eigenvalue weighted by Crippen LogP contribution is 2.57. The Balaban J connectivity index is 1.48. The SMILES string of the molecule is COc1ccc(CN2C(=O)C3(CCC3)c3cc(C(C=CN)=Nc4ccc(F)cc4F)cc(OC(=O)N4CCN(C)CC4)c32)cc1. The van der Waals surface area contributed by atoms with Gasteiger partial charge in [0.2, 0.25) is 5.91 Å². The van der Waals surface area contributed by atoms with Gasteiger partial charge in [-0.1, -0.05) is 18.6 Å². The molecule has 0 aromatic heterocycles. The summed E-state index contributed by atoms with van der Waals surface area (Å²) in [6.45, 7) is 2.68. The minimum atomic E-state index is -0.836. The number of hydrogen-bond acceptors (Lipinski definition) is 7. The van der Waals surface area contributed by atoms with Gasteiger partial charge in [-0.2, -0.15) is 0 Å². The molecule has 0 bridgehead atoms. The molecule has 2 N–H and O–H groups in total. The van der Waals surface area contributed by atoms with Crippen LogP contribution in [0.5, 0.6) is 11.5 Å². The first-order valence-corrected chi connectivity index (χ1v) is 14.9. The summed E-state index contributed by atoms with van der Waals surface area (Å²) in [5, 5.41) is 0. The molecule has 1 aliphatic carbocycles. The highest BCUT2D eigenvalue weighted by molar-refractivity contribution is 6.14. The van der Waals surface area contributed by atoms with Crippen LogP contribution in [0.15, 0.2) is 71.9 Å². The van der Waals surface area contributed by atoms with Crippen LogP contribution in [-0.4, -0.2) is 67.8 Å². The molecule has 2 aliphatic heterocycles. The largest absolute Gasteiger partial charge is 0.497 e. The van der Waals surface area contributed by atoms with E-state index < -0.39 is 23.1 Å². The van der Waals surface area contributed by atoms with Crippen molar-refractivity contribution in [1.29, 1.82) is 0 Å². The Bertz CT molecular complexity index is 1680. The summed E-state index contributed by atoms with van der Waals surface area (Å²) in [6, 6.07) is 14.1. The van der Waals surface area contributed by atoms with Crippen molar-refractivity contribution < 1.29 is 27.8 Å². The smallest absolute Gasteiger partial charge is 0.415 e. The maximum absolute atomic E-state index is 14.7. The predicted octanol–water partition coefficient (Wildman–Crippen LogP) is 5.28. The van der Waals surface area contributed by atoms with E-state index in [1.807, 2.05) is 37.4 Å². The van der Waals surface area contributed by atoms with Crippen molar-refractivity contribution in [1.82, 2.24) is 9.80 Å². The monoisotopic (exact) mass is 615 g/mol. The third kappa shape index (κ3) is 5.75. The predicted molar refractivity (Wildman–Crippen MR) is 167 cm³/mol. The van der Waals surface area contributed by atoms with Crippen molar-refractivity contribution in [2.45, 2.75) is 31.2 Å². The van der Waals surface area contributed by atoms with Gasteiger partial charge in [0.05, 0.1) is 36.2 Å². The normalized spacial score (nSPS) is 18.0. The molecule has 9 nitrogen and oxygen atoms in total. The molecule has 1 saturated heterocycles. The van der Waals surface area contributed by atoms with Gasteiger partial charge in [-0.3, -0.25) is 4.79 Å². The lowest BCUT2D eigenvalue weighted by molar-refractivity contribution is -0.126. The van der Waals surface area contributed by atoms with Gasteiger partial charge in [0.1, 0.15) is 11.6 Å². The van der Waals surface area contributed by atoms with Crippen molar-refractivity contribution >= 4 is 29.1 Å². The Labute approximate surface area is 260 Å². The zero-order chi connectivity index (χ0) is 31.7. The summed E-state index contributed by atoms with van der Waals surface area (Å²) >= 11 is 0. The number of ether oxygens (including phenoxy) is 2. The summed E-state index contributed by atoms with van der Waals surface area (Å²) < 4.78 is 39.7. The second-order valence-corrected chi connectivity index (χ2v) is 11.7. The zero-order valence-corrected chi connectivity index (χ0v) is 25.3. The fraction of sp³-hybridized carbons (Fsp3) is 0.324. The number of hydrogen-bond donors (Lipinski definition) is 1. The number of halogens is 2. The Morgan fingerprint density at radius 3 is 2.40 bits per heavy atom. The lowest BCUT2D eigenvalue weighted by Crippen LogP contribution is -2.48. The van der Waals surface area contributed by atoms with E-state index in [9.17, 15) is 18.4 Å². The van der Waals surface area contributed by atoms with Crippen LogP contribution >= 0.6 is 0 Å². The summed E-state index contributed by atoms with van der Waals surface area (Å²) in [6.07, 6.45) is 4.39. The molecule has 6 rings (SSSR count). The number of allylic oxidation sites excluding steroid dienone is 1. The van der Waals surface area contributed by atoms with E-state index in [-0.39, 0.29) is 29.6 Å². The molecule has 2 fully saturated rings. The van der Waals surface area contributed by atoms with Gasteiger partial charge in [-0.15, -0.1) is 0 Å². The number of nitrogens with two attached hydrogens (primary N) is 1. The van der Waals surface area contributed by atoms with Gasteiger partial charge >= 0.3 is 6.09 Å². The highest BCUT2D eigenvalue weighted by atomic mass is 19.1. The Morgan fingerprint density at radius 1 is 1.04 bits per heavy atom. The topological polar surface area (TPSA) is 101 Å². The van der Waals surface area contributed by atoms with E-state index in [0.29, 0.717) is 56.0 Å². The molecule has 2 heterocycles. The molecule has 3 aliphatic rings. The first kappa shape index (κ1) is 30.3. The van der Waals surface area contributed by atoms with Crippen LogP contribution in [0.1, 0.15) is 36.0 Å². The van der Waals surface area contributed by atoms with E-state index in [4.69, 9.17) is 15.2 Å². The Kier molecular flexibility index (Phi) is 8.28. The number of rotatable bonds is 7.